The SMILES string of the molecule is O=C1c2ccc3ccccc3c2N[C@@H](c2ccc(Br)cc2)N1c1ccccc1. The number of hydrogen-bond donors (Lipinski definition) is 1. The average molecular weight is 429 g/mol. The number of anilines is 2. The molecule has 28 heavy (non-hydrogen) atoms. The summed E-state index contributed by atoms with van der Waals surface area (Å²) in [4.78, 5) is 15.4. The maximum absolute atomic E-state index is 13.6. The van der Waals surface area contributed by atoms with Gasteiger partial charge in [-0.25, -0.2) is 0 Å². The molecule has 0 radical (unpaired) electrons. The molecule has 1 N–H and O–H groups in total. The van der Waals surface area contributed by atoms with Crippen LogP contribution in [0.1, 0.15) is 22.1 Å². The van der Waals surface area contributed by atoms with E-state index in [0.717, 1.165) is 32.2 Å². The molecule has 1 aliphatic heterocycles. The number of para-hydroxylation sites is 1. The van der Waals surface area contributed by atoms with Gasteiger partial charge in [-0.3, -0.25) is 9.69 Å². The van der Waals surface area contributed by atoms with E-state index in [0.29, 0.717) is 5.56 Å². The van der Waals surface area contributed by atoms with Crippen molar-refractivity contribution in [2.24, 2.45) is 0 Å². The van der Waals surface area contributed by atoms with Gasteiger partial charge in [-0.05, 0) is 41.3 Å². The first-order valence-corrected chi connectivity index (χ1v) is 9.94. The van der Waals surface area contributed by atoms with Crippen molar-refractivity contribution in [2.75, 3.05) is 10.2 Å². The Morgan fingerprint density at radius 3 is 2.29 bits per heavy atom. The predicted octanol–water partition coefficient (Wildman–Crippen LogP) is 6.37. The van der Waals surface area contributed by atoms with E-state index in [1.807, 2.05) is 83.8 Å². The standard InChI is InChI=1S/C24H17BrN2O/c25-18-13-10-17(11-14-18)23-26-22-20-9-5-4-6-16(20)12-15-21(22)24(28)27(23)19-7-2-1-3-8-19/h1-15,23,26H/t23-/m1/s1. The summed E-state index contributed by atoms with van der Waals surface area (Å²) in [6.07, 6.45) is -0.290. The van der Waals surface area contributed by atoms with Crippen molar-refractivity contribution in [3.8, 4) is 0 Å². The summed E-state index contributed by atoms with van der Waals surface area (Å²) in [7, 11) is 0. The number of carbonyl (C=O) groups is 1. The van der Waals surface area contributed by atoms with Gasteiger partial charge in [0.2, 0.25) is 0 Å². The van der Waals surface area contributed by atoms with Gasteiger partial charge < -0.3 is 5.32 Å². The van der Waals surface area contributed by atoms with Gasteiger partial charge in [0, 0.05) is 15.5 Å². The smallest absolute Gasteiger partial charge is 0.262 e. The molecule has 0 spiro atoms. The number of nitrogens with zero attached hydrogens (tertiary/aromatic N) is 1. The molecule has 136 valence electrons. The maximum Gasteiger partial charge on any atom is 0.262 e. The third-order valence-electron chi connectivity index (χ3n) is 5.14. The zero-order valence-corrected chi connectivity index (χ0v) is 16.6. The third-order valence-corrected chi connectivity index (χ3v) is 5.67. The molecule has 0 bridgehead atoms. The Morgan fingerprint density at radius 1 is 0.786 bits per heavy atom. The van der Waals surface area contributed by atoms with Crippen LogP contribution in [0.25, 0.3) is 10.8 Å². The molecule has 0 saturated carbocycles. The zero-order valence-electron chi connectivity index (χ0n) is 15.0. The molecular weight excluding hydrogens is 412 g/mol. The largest absolute Gasteiger partial charge is 0.360 e. The van der Waals surface area contributed by atoms with Crippen LogP contribution in [0.15, 0.2) is 95.5 Å². The Kier molecular flexibility index (Phi) is 4.14. The number of hydrogen-bond acceptors (Lipinski definition) is 2. The molecule has 1 heterocycles. The Bertz CT molecular complexity index is 1170. The van der Waals surface area contributed by atoms with Crippen LogP contribution in [0.3, 0.4) is 0 Å². The molecule has 0 unspecified atom stereocenters. The van der Waals surface area contributed by atoms with Crippen LogP contribution in [0.2, 0.25) is 0 Å². The predicted molar refractivity (Wildman–Crippen MR) is 118 cm³/mol. The van der Waals surface area contributed by atoms with E-state index < -0.39 is 0 Å². The van der Waals surface area contributed by atoms with Crippen molar-refractivity contribution in [3.63, 3.8) is 0 Å². The van der Waals surface area contributed by atoms with Gasteiger partial charge in [-0.15, -0.1) is 0 Å². The molecule has 1 atom stereocenters. The average Bonchev–Trinajstić information content (AvgIpc) is 2.74. The summed E-state index contributed by atoms with van der Waals surface area (Å²) in [5.74, 6) is -0.00128. The van der Waals surface area contributed by atoms with Gasteiger partial charge in [0.1, 0.15) is 6.17 Å². The molecule has 0 aromatic heterocycles. The van der Waals surface area contributed by atoms with E-state index in [1.54, 1.807) is 0 Å². The fourth-order valence-electron chi connectivity index (χ4n) is 3.79. The molecule has 1 aliphatic rings. The molecule has 4 aromatic carbocycles. The monoisotopic (exact) mass is 428 g/mol. The first kappa shape index (κ1) is 17.0. The van der Waals surface area contributed by atoms with E-state index in [4.69, 9.17) is 0 Å². The molecule has 0 fully saturated rings. The first-order chi connectivity index (χ1) is 13.7. The van der Waals surface area contributed by atoms with E-state index in [2.05, 4.69) is 33.4 Å². The Balaban J connectivity index is 1.73. The highest BCUT2D eigenvalue weighted by atomic mass is 79.9. The van der Waals surface area contributed by atoms with Crippen molar-refractivity contribution in [2.45, 2.75) is 6.17 Å². The van der Waals surface area contributed by atoms with E-state index >= 15 is 0 Å². The quantitative estimate of drug-likeness (QED) is 0.401. The fourth-order valence-corrected chi connectivity index (χ4v) is 4.05. The number of carbonyl (C=O) groups excluding carboxylic acids is 1. The second-order valence-corrected chi connectivity index (χ2v) is 7.73. The van der Waals surface area contributed by atoms with Crippen LogP contribution in [0.5, 0.6) is 0 Å². The lowest BCUT2D eigenvalue weighted by Gasteiger charge is -2.38. The highest BCUT2D eigenvalue weighted by Crippen LogP contribution is 2.40. The van der Waals surface area contributed by atoms with Crippen LogP contribution in [-0.4, -0.2) is 5.91 Å². The number of halogens is 1. The molecular formula is C24H17BrN2O. The number of amides is 1. The number of nitrogens with one attached hydrogen (secondary N) is 1. The minimum absolute atomic E-state index is 0.00128. The van der Waals surface area contributed by atoms with Gasteiger partial charge in [-0.2, -0.15) is 0 Å². The minimum atomic E-state index is -0.290. The number of rotatable bonds is 2. The van der Waals surface area contributed by atoms with E-state index in [-0.39, 0.29) is 12.1 Å². The van der Waals surface area contributed by atoms with Crippen molar-refractivity contribution >= 4 is 44.0 Å². The third kappa shape index (κ3) is 2.77. The summed E-state index contributed by atoms with van der Waals surface area (Å²) in [5, 5.41) is 5.82. The molecule has 3 nitrogen and oxygen atoms in total. The van der Waals surface area contributed by atoms with Gasteiger partial charge in [0.25, 0.3) is 5.91 Å². The molecule has 0 saturated heterocycles. The number of benzene rings is 4. The fraction of sp³-hybridized carbons (Fsp3) is 0.0417. The van der Waals surface area contributed by atoms with E-state index in [9.17, 15) is 4.79 Å². The summed E-state index contributed by atoms with van der Waals surface area (Å²) in [5.41, 5.74) is 3.48. The highest BCUT2D eigenvalue weighted by Gasteiger charge is 2.34. The molecule has 4 aromatic rings. The van der Waals surface area contributed by atoms with Gasteiger partial charge in [0.15, 0.2) is 0 Å². The summed E-state index contributed by atoms with van der Waals surface area (Å²) < 4.78 is 1.01. The summed E-state index contributed by atoms with van der Waals surface area (Å²) in [6.45, 7) is 0. The van der Waals surface area contributed by atoms with Crippen LogP contribution >= 0.6 is 15.9 Å². The Hall–Kier alpha value is -3.11. The lowest BCUT2D eigenvalue weighted by atomic mass is 9.98. The topological polar surface area (TPSA) is 32.3 Å². The van der Waals surface area contributed by atoms with Crippen molar-refractivity contribution in [1.29, 1.82) is 0 Å². The van der Waals surface area contributed by atoms with E-state index in [1.165, 1.54) is 0 Å². The van der Waals surface area contributed by atoms with Gasteiger partial charge in [-0.1, -0.05) is 76.6 Å². The molecule has 4 heteroatoms. The van der Waals surface area contributed by atoms with Gasteiger partial charge in [0.05, 0.1) is 11.3 Å². The van der Waals surface area contributed by atoms with Crippen LogP contribution in [-0.2, 0) is 0 Å². The number of fused-ring (bicyclic) bond motifs is 3. The minimum Gasteiger partial charge on any atom is -0.360 e. The highest BCUT2D eigenvalue weighted by molar-refractivity contribution is 9.10. The summed E-state index contributed by atoms with van der Waals surface area (Å²) >= 11 is 3.50. The second kappa shape index (κ2) is 6.80. The van der Waals surface area contributed by atoms with Crippen molar-refractivity contribution < 1.29 is 4.79 Å². The molecule has 5 rings (SSSR count). The zero-order chi connectivity index (χ0) is 19.1. The first-order valence-electron chi connectivity index (χ1n) is 9.15. The van der Waals surface area contributed by atoms with Crippen LogP contribution in [0.4, 0.5) is 11.4 Å². The second-order valence-electron chi connectivity index (χ2n) is 6.82. The van der Waals surface area contributed by atoms with Crippen molar-refractivity contribution in [1.82, 2.24) is 0 Å². The Morgan fingerprint density at radius 2 is 1.50 bits per heavy atom. The lowest BCUT2D eigenvalue weighted by molar-refractivity contribution is 0.0975. The maximum atomic E-state index is 13.6. The Labute approximate surface area is 171 Å². The van der Waals surface area contributed by atoms with Gasteiger partial charge >= 0.3 is 0 Å². The molecule has 0 aliphatic carbocycles. The normalized spacial score (nSPS) is 16.0. The molecule has 1 amide bonds. The summed E-state index contributed by atoms with van der Waals surface area (Å²) in [6, 6.07) is 30.0. The van der Waals surface area contributed by atoms with Crippen LogP contribution in [0, 0.1) is 0 Å². The lowest BCUT2D eigenvalue weighted by Crippen LogP contribution is -2.43. The van der Waals surface area contributed by atoms with Crippen molar-refractivity contribution in [3.05, 3.63) is 107 Å². The van der Waals surface area contributed by atoms with Crippen LogP contribution < -0.4 is 10.2 Å².